The summed E-state index contributed by atoms with van der Waals surface area (Å²) in [5, 5.41) is 0. The largest absolute Gasteiger partial charge is 0.399 e. The second-order valence-corrected chi connectivity index (χ2v) is 4.27. The molecule has 0 bridgehead atoms. The molecule has 0 unspecified atom stereocenters. The topological polar surface area (TPSA) is 46.3 Å². The molecule has 1 heterocycles. The predicted octanol–water partition coefficient (Wildman–Crippen LogP) is 1.94. The molecular formula is C11H15ClN2O. The van der Waals surface area contributed by atoms with Crippen molar-refractivity contribution in [2.75, 3.05) is 17.7 Å². The van der Waals surface area contributed by atoms with Crippen LogP contribution < -0.4 is 10.6 Å². The fourth-order valence-electron chi connectivity index (χ4n) is 1.99. The Labute approximate surface area is 95.7 Å². The van der Waals surface area contributed by atoms with E-state index in [-0.39, 0.29) is 18.3 Å². The second kappa shape index (κ2) is 3.42. The van der Waals surface area contributed by atoms with Crippen LogP contribution in [0.15, 0.2) is 18.2 Å². The highest BCUT2D eigenvalue weighted by atomic mass is 35.5. The van der Waals surface area contributed by atoms with Gasteiger partial charge in [0.15, 0.2) is 0 Å². The van der Waals surface area contributed by atoms with Crippen LogP contribution >= 0.6 is 12.4 Å². The highest BCUT2D eigenvalue weighted by Gasteiger charge is 2.41. The van der Waals surface area contributed by atoms with E-state index in [1.807, 2.05) is 32.0 Å². The van der Waals surface area contributed by atoms with Crippen molar-refractivity contribution in [3.8, 4) is 0 Å². The molecule has 0 fully saturated rings. The van der Waals surface area contributed by atoms with Gasteiger partial charge in [-0.2, -0.15) is 0 Å². The lowest BCUT2D eigenvalue weighted by Crippen LogP contribution is -2.33. The lowest BCUT2D eigenvalue weighted by atomic mass is 9.86. The summed E-state index contributed by atoms with van der Waals surface area (Å²) in [5.74, 6) is 0.123. The Bertz CT molecular complexity index is 415. The van der Waals surface area contributed by atoms with Crippen molar-refractivity contribution in [1.82, 2.24) is 0 Å². The molecule has 2 rings (SSSR count). The first kappa shape index (κ1) is 11.9. The number of nitrogen functional groups attached to an aromatic ring is 1. The maximum atomic E-state index is 11.9. The summed E-state index contributed by atoms with van der Waals surface area (Å²) in [6.07, 6.45) is 0. The lowest BCUT2D eigenvalue weighted by molar-refractivity contribution is -0.121. The number of nitrogens with two attached hydrogens (primary N) is 1. The van der Waals surface area contributed by atoms with Crippen LogP contribution in [-0.4, -0.2) is 13.0 Å². The number of hydrogen-bond donors (Lipinski definition) is 1. The molecule has 1 aromatic carbocycles. The van der Waals surface area contributed by atoms with Crippen molar-refractivity contribution >= 4 is 29.7 Å². The molecule has 1 aromatic rings. The average Bonchev–Trinajstić information content (AvgIpc) is 2.29. The van der Waals surface area contributed by atoms with Crippen LogP contribution in [0.5, 0.6) is 0 Å². The SMILES string of the molecule is CN1C(=O)C(C)(C)c2cc(N)ccc21.Cl. The lowest BCUT2D eigenvalue weighted by Gasteiger charge is -2.16. The maximum Gasteiger partial charge on any atom is 0.236 e. The molecule has 4 heteroatoms. The molecule has 0 saturated carbocycles. The second-order valence-electron chi connectivity index (χ2n) is 4.27. The molecule has 0 aliphatic carbocycles. The summed E-state index contributed by atoms with van der Waals surface area (Å²) >= 11 is 0. The van der Waals surface area contributed by atoms with E-state index < -0.39 is 5.41 Å². The molecule has 0 spiro atoms. The molecule has 0 radical (unpaired) electrons. The van der Waals surface area contributed by atoms with Gasteiger partial charge in [-0.1, -0.05) is 0 Å². The number of carbonyl (C=O) groups is 1. The number of benzene rings is 1. The minimum Gasteiger partial charge on any atom is -0.399 e. The van der Waals surface area contributed by atoms with Gasteiger partial charge in [0.2, 0.25) is 5.91 Å². The van der Waals surface area contributed by atoms with Crippen molar-refractivity contribution in [1.29, 1.82) is 0 Å². The molecule has 2 N–H and O–H groups in total. The van der Waals surface area contributed by atoms with Gasteiger partial charge in [0, 0.05) is 18.4 Å². The smallest absolute Gasteiger partial charge is 0.236 e. The molecular weight excluding hydrogens is 212 g/mol. The zero-order valence-electron chi connectivity index (χ0n) is 9.07. The predicted molar refractivity (Wildman–Crippen MR) is 64.5 cm³/mol. The van der Waals surface area contributed by atoms with E-state index in [0.717, 1.165) is 11.3 Å². The van der Waals surface area contributed by atoms with Gasteiger partial charge in [-0.05, 0) is 37.6 Å². The number of fused-ring (bicyclic) bond motifs is 1. The van der Waals surface area contributed by atoms with Gasteiger partial charge in [0.25, 0.3) is 0 Å². The molecule has 0 aromatic heterocycles. The first-order valence-corrected chi connectivity index (χ1v) is 4.63. The fraction of sp³-hybridized carbons (Fsp3) is 0.364. The van der Waals surface area contributed by atoms with Gasteiger partial charge in [-0.3, -0.25) is 4.79 Å². The fourth-order valence-corrected chi connectivity index (χ4v) is 1.99. The summed E-state index contributed by atoms with van der Waals surface area (Å²) in [5.41, 5.74) is 7.96. The molecule has 1 aliphatic rings. The van der Waals surface area contributed by atoms with Crippen molar-refractivity contribution in [3.63, 3.8) is 0 Å². The summed E-state index contributed by atoms with van der Waals surface area (Å²) in [4.78, 5) is 13.6. The number of nitrogens with zero attached hydrogens (tertiary/aromatic N) is 1. The molecule has 15 heavy (non-hydrogen) atoms. The highest BCUT2D eigenvalue weighted by molar-refractivity contribution is 6.07. The third-order valence-electron chi connectivity index (χ3n) is 2.89. The van der Waals surface area contributed by atoms with Crippen LogP contribution in [-0.2, 0) is 10.2 Å². The third kappa shape index (κ3) is 1.47. The van der Waals surface area contributed by atoms with Gasteiger partial charge in [0.1, 0.15) is 0 Å². The van der Waals surface area contributed by atoms with Crippen LogP contribution in [0, 0.1) is 0 Å². The van der Waals surface area contributed by atoms with Crippen LogP contribution in [0.4, 0.5) is 11.4 Å². The Morgan fingerprint density at radius 3 is 2.53 bits per heavy atom. The van der Waals surface area contributed by atoms with Crippen molar-refractivity contribution in [2.45, 2.75) is 19.3 Å². The van der Waals surface area contributed by atoms with Gasteiger partial charge in [-0.15, -0.1) is 12.4 Å². The van der Waals surface area contributed by atoms with E-state index >= 15 is 0 Å². The zero-order valence-corrected chi connectivity index (χ0v) is 9.89. The quantitative estimate of drug-likeness (QED) is 0.688. The Morgan fingerprint density at radius 1 is 1.33 bits per heavy atom. The minimum absolute atomic E-state index is 0. The monoisotopic (exact) mass is 226 g/mol. The van der Waals surface area contributed by atoms with Crippen LogP contribution in [0.3, 0.4) is 0 Å². The van der Waals surface area contributed by atoms with E-state index in [1.165, 1.54) is 0 Å². The Balaban J connectivity index is 0.00000112. The van der Waals surface area contributed by atoms with Gasteiger partial charge in [0.05, 0.1) is 5.41 Å². The number of hydrogen-bond acceptors (Lipinski definition) is 2. The average molecular weight is 227 g/mol. The number of halogens is 1. The summed E-state index contributed by atoms with van der Waals surface area (Å²) in [6, 6.07) is 5.61. The zero-order chi connectivity index (χ0) is 10.5. The van der Waals surface area contributed by atoms with E-state index in [0.29, 0.717) is 5.69 Å². The maximum absolute atomic E-state index is 11.9. The standard InChI is InChI=1S/C11H14N2O.ClH/c1-11(2)8-6-7(12)4-5-9(8)13(3)10(11)14;/h4-6H,12H2,1-3H3;1H. The number of likely N-dealkylation sites (N-methyl/N-ethyl adjacent to an activating group) is 1. The molecule has 1 aliphatic heterocycles. The van der Waals surface area contributed by atoms with Crippen LogP contribution in [0.25, 0.3) is 0 Å². The van der Waals surface area contributed by atoms with Crippen molar-refractivity contribution < 1.29 is 4.79 Å². The molecule has 3 nitrogen and oxygen atoms in total. The van der Waals surface area contributed by atoms with E-state index in [2.05, 4.69) is 0 Å². The number of amides is 1. The van der Waals surface area contributed by atoms with Crippen LogP contribution in [0.2, 0.25) is 0 Å². The summed E-state index contributed by atoms with van der Waals surface area (Å²) in [6.45, 7) is 3.86. The minimum atomic E-state index is -0.445. The number of anilines is 2. The van der Waals surface area contributed by atoms with E-state index in [9.17, 15) is 4.79 Å². The normalized spacial score (nSPS) is 17.3. The first-order valence-electron chi connectivity index (χ1n) is 4.63. The Morgan fingerprint density at radius 2 is 1.93 bits per heavy atom. The van der Waals surface area contributed by atoms with Crippen molar-refractivity contribution in [3.05, 3.63) is 23.8 Å². The number of carbonyl (C=O) groups excluding carboxylic acids is 1. The summed E-state index contributed by atoms with van der Waals surface area (Å²) < 4.78 is 0. The number of rotatable bonds is 0. The third-order valence-corrected chi connectivity index (χ3v) is 2.89. The Hall–Kier alpha value is -1.22. The van der Waals surface area contributed by atoms with Gasteiger partial charge < -0.3 is 10.6 Å². The molecule has 0 saturated heterocycles. The molecule has 1 amide bonds. The molecule has 82 valence electrons. The van der Waals surface area contributed by atoms with Crippen molar-refractivity contribution in [2.24, 2.45) is 0 Å². The first-order chi connectivity index (χ1) is 6.44. The van der Waals surface area contributed by atoms with Gasteiger partial charge in [-0.25, -0.2) is 0 Å². The van der Waals surface area contributed by atoms with Gasteiger partial charge >= 0.3 is 0 Å². The Kier molecular flexibility index (Phi) is 2.70. The molecule has 0 atom stereocenters. The highest BCUT2D eigenvalue weighted by Crippen LogP contribution is 2.41. The van der Waals surface area contributed by atoms with E-state index in [4.69, 9.17) is 5.73 Å². The van der Waals surface area contributed by atoms with E-state index in [1.54, 1.807) is 11.9 Å². The summed E-state index contributed by atoms with van der Waals surface area (Å²) in [7, 11) is 1.80. The van der Waals surface area contributed by atoms with Crippen LogP contribution in [0.1, 0.15) is 19.4 Å².